The summed E-state index contributed by atoms with van der Waals surface area (Å²) >= 11 is 0. The zero-order valence-corrected chi connectivity index (χ0v) is 14.2. The van der Waals surface area contributed by atoms with Gasteiger partial charge in [0.1, 0.15) is 11.9 Å². The highest BCUT2D eigenvalue weighted by Crippen LogP contribution is 2.22. The molecule has 1 atom stereocenters. The third-order valence-corrected chi connectivity index (χ3v) is 4.12. The molecule has 1 aliphatic rings. The molecular formula is C18H17N5O3. The Labute approximate surface area is 149 Å². The van der Waals surface area contributed by atoms with E-state index in [1.54, 1.807) is 6.20 Å². The van der Waals surface area contributed by atoms with Crippen molar-refractivity contribution in [1.29, 1.82) is 0 Å². The first-order valence-corrected chi connectivity index (χ1v) is 8.32. The summed E-state index contributed by atoms with van der Waals surface area (Å²) in [6, 6.07) is 9.32. The predicted molar refractivity (Wildman–Crippen MR) is 91.7 cm³/mol. The SMILES string of the molecule is Cc1nccc(-c2ccc(-c3noc(CNC4CCOC4=O)n3)cc2)n1. The van der Waals surface area contributed by atoms with Crippen LogP contribution in [0.25, 0.3) is 22.6 Å². The van der Waals surface area contributed by atoms with Crippen LogP contribution in [0.4, 0.5) is 0 Å². The minimum atomic E-state index is -0.305. The van der Waals surface area contributed by atoms with E-state index in [0.29, 0.717) is 31.3 Å². The van der Waals surface area contributed by atoms with Crippen molar-refractivity contribution in [2.45, 2.75) is 25.9 Å². The fraction of sp³-hybridized carbons (Fsp3) is 0.278. The number of carbonyl (C=O) groups excluding carboxylic acids is 1. The summed E-state index contributed by atoms with van der Waals surface area (Å²) in [5, 5.41) is 7.06. The summed E-state index contributed by atoms with van der Waals surface area (Å²) in [5.74, 6) is 1.42. The van der Waals surface area contributed by atoms with Crippen LogP contribution in [0.1, 0.15) is 18.1 Å². The number of aryl methyl sites for hydroxylation is 1. The van der Waals surface area contributed by atoms with Gasteiger partial charge >= 0.3 is 5.97 Å². The van der Waals surface area contributed by atoms with Gasteiger partial charge in [-0.1, -0.05) is 29.4 Å². The fourth-order valence-electron chi connectivity index (χ4n) is 2.74. The molecule has 2 aromatic heterocycles. The van der Waals surface area contributed by atoms with E-state index in [2.05, 4.69) is 25.4 Å². The van der Waals surface area contributed by atoms with Crippen LogP contribution in [-0.4, -0.2) is 38.7 Å². The molecule has 0 saturated carbocycles. The number of rotatable bonds is 5. The third-order valence-electron chi connectivity index (χ3n) is 4.12. The molecule has 0 aliphatic carbocycles. The summed E-state index contributed by atoms with van der Waals surface area (Å²) in [7, 11) is 0. The van der Waals surface area contributed by atoms with Crippen LogP contribution in [0.3, 0.4) is 0 Å². The van der Waals surface area contributed by atoms with Crippen LogP contribution >= 0.6 is 0 Å². The average Bonchev–Trinajstić information content (AvgIpc) is 3.29. The Balaban J connectivity index is 1.44. The molecule has 1 unspecified atom stereocenters. The summed E-state index contributed by atoms with van der Waals surface area (Å²) in [5.41, 5.74) is 2.70. The van der Waals surface area contributed by atoms with Gasteiger partial charge in [0.15, 0.2) is 0 Å². The van der Waals surface area contributed by atoms with Gasteiger partial charge in [-0.3, -0.25) is 10.1 Å². The first-order chi connectivity index (χ1) is 12.7. The molecule has 1 fully saturated rings. The van der Waals surface area contributed by atoms with Gasteiger partial charge in [-0.2, -0.15) is 4.98 Å². The number of nitrogens with one attached hydrogen (secondary N) is 1. The van der Waals surface area contributed by atoms with E-state index in [-0.39, 0.29) is 12.0 Å². The number of aromatic nitrogens is 4. The van der Waals surface area contributed by atoms with Crippen LogP contribution in [0.2, 0.25) is 0 Å². The molecule has 132 valence electrons. The van der Waals surface area contributed by atoms with E-state index in [1.165, 1.54) is 0 Å². The Morgan fingerprint density at radius 3 is 2.69 bits per heavy atom. The zero-order chi connectivity index (χ0) is 17.9. The number of esters is 1. The van der Waals surface area contributed by atoms with E-state index < -0.39 is 0 Å². The highest BCUT2D eigenvalue weighted by atomic mass is 16.5. The maximum Gasteiger partial charge on any atom is 0.323 e. The van der Waals surface area contributed by atoms with Crippen molar-refractivity contribution < 1.29 is 14.1 Å². The van der Waals surface area contributed by atoms with Crippen LogP contribution in [0.5, 0.6) is 0 Å². The minimum Gasteiger partial charge on any atom is -0.464 e. The Morgan fingerprint density at radius 1 is 1.15 bits per heavy atom. The number of carbonyl (C=O) groups is 1. The predicted octanol–water partition coefficient (Wildman–Crippen LogP) is 1.91. The van der Waals surface area contributed by atoms with Gasteiger partial charge in [-0.05, 0) is 13.0 Å². The van der Waals surface area contributed by atoms with Crippen LogP contribution < -0.4 is 5.32 Å². The molecule has 8 heteroatoms. The molecule has 1 saturated heterocycles. The van der Waals surface area contributed by atoms with E-state index in [9.17, 15) is 4.79 Å². The van der Waals surface area contributed by atoms with Crippen molar-refractivity contribution in [3.05, 3.63) is 48.2 Å². The second-order valence-electron chi connectivity index (χ2n) is 5.97. The largest absolute Gasteiger partial charge is 0.464 e. The first kappa shape index (κ1) is 16.3. The number of cyclic esters (lactones) is 1. The lowest BCUT2D eigenvalue weighted by Gasteiger charge is -2.04. The van der Waals surface area contributed by atoms with Crippen LogP contribution in [0, 0.1) is 6.92 Å². The maximum absolute atomic E-state index is 11.4. The first-order valence-electron chi connectivity index (χ1n) is 8.32. The van der Waals surface area contributed by atoms with Gasteiger partial charge in [0, 0.05) is 23.7 Å². The zero-order valence-electron chi connectivity index (χ0n) is 14.2. The molecule has 3 aromatic rings. The lowest BCUT2D eigenvalue weighted by Crippen LogP contribution is -2.32. The molecule has 1 N–H and O–H groups in total. The second-order valence-corrected chi connectivity index (χ2v) is 5.97. The van der Waals surface area contributed by atoms with E-state index in [0.717, 1.165) is 22.6 Å². The molecule has 26 heavy (non-hydrogen) atoms. The molecule has 3 heterocycles. The van der Waals surface area contributed by atoms with Crippen molar-refractivity contribution in [3.63, 3.8) is 0 Å². The van der Waals surface area contributed by atoms with Gasteiger partial charge in [0.05, 0.1) is 18.8 Å². The van der Waals surface area contributed by atoms with Crippen molar-refractivity contribution in [2.24, 2.45) is 0 Å². The molecule has 8 nitrogen and oxygen atoms in total. The van der Waals surface area contributed by atoms with E-state index in [1.807, 2.05) is 37.3 Å². The molecule has 0 radical (unpaired) electrons. The van der Waals surface area contributed by atoms with Crippen LogP contribution in [0.15, 0.2) is 41.1 Å². The lowest BCUT2D eigenvalue weighted by atomic mass is 10.1. The smallest absolute Gasteiger partial charge is 0.323 e. The Hall–Kier alpha value is -3.13. The number of hydrogen-bond acceptors (Lipinski definition) is 8. The van der Waals surface area contributed by atoms with E-state index >= 15 is 0 Å². The summed E-state index contributed by atoms with van der Waals surface area (Å²) in [4.78, 5) is 24.3. The van der Waals surface area contributed by atoms with Gasteiger partial charge < -0.3 is 9.26 Å². The number of nitrogens with zero attached hydrogens (tertiary/aromatic N) is 4. The molecule has 4 rings (SSSR count). The van der Waals surface area contributed by atoms with Crippen molar-refractivity contribution in [3.8, 4) is 22.6 Å². The monoisotopic (exact) mass is 351 g/mol. The maximum atomic E-state index is 11.4. The average molecular weight is 351 g/mol. The topological polar surface area (TPSA) is 103 Å². The fourth-order valence-corrected chi connectivity index (χ4v) is 2.74. The standard InChI is InChI=1S/C18H17N5O3/c1-11-19-8-6-14(21-11)12-2-4-13(5-3-12)17-22-16(26-23-17)10-20-15-7-9-25-18(15)24/h2-6,8,15,20H,7,9-10H2,1H3. The Kier molecular flexibility index (Phi) is 4.40. The Bertz CT molecular complexity index is 923. The molecule has 0 amide bonds. The van der Waals surface area contributed by atoms with Gasteiger partial charge in [0.2, 0.25) is 11.7 Å². The third kappa shape index (κ3) is 3.45. The quantitative estimate of drug-likeness (QED) is 0.695. The molecule has 0 bridgehead atoms. The lowest BCUT2D eigenvalue weighted by molar-refractivity contribution is -0.139. The highest BCUT2D eigenvalue weighted by molar-refractivity contribution is 5.77. The van der Waals surface area contributed by atoms with Gasteiger partial charge in [0.25, 0.3) is 0 Å². The van der Waals surface area contributed by atoms with Crippen molar-refractivity contribution in [2.75, 3.05) is 6.61 Å². The van der Waals surface area contributed by atoms with Crippen molar-refractivity contribution >= 4 is 5.97 Å². The van der Waals surface area contributed by atoms with Gasteiger partial charge in [-0.25, -0.2) is 9.97 Å². The Morgan fingerprint density at radius 2 is 1.96 bits per heavy atom. The molecular weight excluding hydrogens is 334 g/mol. The van der Waals surface area contributed by atoms with Crippen molar-refractivity contribution in [1.82, 2.24) is 25.4 Å². The van der Waals surface area contributed by atoms with E-state index in [4.69, 9.17) is 9.26 Å². The number of ether oxygens (including phenoxy) is 1. The minimum absolute atomic E-state index is 0.236. The number of benzene rings is 1. The molecule has 0 spiro atoms. The summed E-state index contributed by atoms with van der Waals surface area (Å²) < 4.78 is 10.2. The summed E-state index contributed by atoms with van der Waals surface area (Å²) in [6.45, 7) is 2.63. The number of hydrogen-bond donors (Lipinski definition) is 1. The molecule has 1 aliphatic heterocycles. The second kappa shape index (κ2) is 7.01. The normalized spacial score (nSPS) is 16.7. The molecule has 1 aromatic carbocycles. The summed E-state index contributed by atoms with van der Waals surface area (Å²) in [6.07, 6.45) is 2.40. The van der Waals surface area contributed by atoms with Gasteiger partial charge in [-0.15, -0.1) is 0 Å². The van der Waals surface area contributed by atoms with Crippen LogP contribution in [-0.2, 0) is 16.1 Å². The highest BCUT2D eigenvalue weighted by Gasteiger charge is 2.26.